The maximum Gasteiger partial charge on any atom is -0.0193 e. The number of allylic oxidation sites excluding steroid dienone is 1. The zero-order valence-electron chi connectivity index (χ0n) is 9.88. The van der Waals surface area contributed by atoms with Gasteiger partial charge in [0, 0.05) is 0 Å². The van der Waals surface area contributed by atoms with Gasteiger partial charge in [0.2, 0.25) is 0 Å². The lowest BCUT2D eigenvalue weighted by Crippen LogP contribution is -1.88. The van der Waals surface area contributed by atoms with Crippen molar-refractivity contribution in [2.45, 2.75) is 40.0 Å². The van der Waals surface area contributed by atoms with Gasteiger partial charge >= 0.3 is 0 Å². The molecule has 1 aromatic carbocycles. The Balaban J connectivity index is 0.000000364. The molecule has 0 radical (unpaired) electrons. The van der Waals surface area contributed by atoms with Crippen molar-refractivity contribution in [2.24, 2.45) is 0 Å². The molecule has 0 heterocycles. The Morgan fingerprint density at radius 2 is 1.64 bits per heavy atom. The fourth-order valence-electron chi connectivity index (χ4n) is 1.02. The monoisotopic (exact) mass is 190 g/mol. The molecule has 1 rings (SSSR count). The van der Waals surface area contributed by atoms with Crippen LogP contribution >= 0.6 is 0 Å². The predicted molar refractivity (Wildman–Crippen MR) is 65.6 cm³/mol. The molecular weight excluding hydrogens is 168 g/mol. The highest BCUT2D eigenvalue weighted by atomic mass is 14.0. The van der Waals surface area contributed by atoms with Gasteiger partial charge < -0.3 is 0 Å². The molecule has 0 amide bonds. The SMILES string of the molecule is C=C(C)C.CCC(C)c1ccccc1. The van der Waals surface area contributed by atoms with Crippen LogP contribution in [-0.4, -0.2) is 0 Å². The van der Waals surface area contributed by atoms with E-state index in [9.17, 15) is 0 Å². The maximum atomic E-state index is 3.56. The van der Waals surface area contributed by atoms with Crippen LogP contribution in [0.2, 0.25) is 0 Å². The van der Waals surface area contributed by atoms with Gasteiger partial charge in [-0.15, -0.1) is 6.58 Å². The molecule has 0 aliphatic carbocycles. The molecule has 78 valence electrons. The van der Waals surface area contributed by atoms with Crippen LogP contribution in [-0.2, 0) is 0 Å². The molecule has 0 saturated heterocycles. The Morgan fingerprint density at radius 3 is 2.00 bits per heavy atom. The van der Waals surface area contributed by atoms with Crippen molar-refractivity contribution >= 4 is 0 Å². The number of rotatable bonds is 2. The molecule has 0 saturated carbocycles. The number of benzene rings is 1. The largest absolute Gasteiger partial charge is 0.100 e. The van der Waals surface area contributed by atoms with E-state index in [4.69, 9.17) is 0 Å². The van der Waals surface area contributed by atoms with Crippen LogP contribution < -0.4 is 0 Å². The minimum Gasteiger partial charge on any atom is -0.100 e. The second-order valence-electron chi connectivity index (χ2n) is 3.93. The first-order valence-electron chi connectivity index (χ1n) is 5.25. The second kappa shape index (κ2) is 7.37. The van der Waals surface area contributed by atoms with E-state index < -0.39 is 0 Å². The molecule has 0 spiro atoms. The van der Waals surface area contributed by atoms with Gasteiger partial charge in [-0.05, 0) is 31.7 Å². The van der Waals surface area contributed by atoms with E-state index in [1.54, 1.807) is 0 Å². The third-order valence-corrected chi connectivity index (χ3v) is 1.98. The van der Waals surface area contributed by atoms with E-state index in [1.807, 2.05) is 13.8 Å². The second-order valence-corrected chi connectivity index (χ2v) is 3.93. The van der Waals surface area contributed by atoms with Crippen molar-refractivity contribution < 1.29 is 0 Å². The van der Waals surface area contributed by atoms with Gasteiger partial charge in [0.05, 0.1) is 0 Å². The minimum absolute atomic E-state index is 0.709. The summed E-state index contributed by atoms with van der Waals surface area (Å²) in [4.78, 5) is 0. The summed E-state index contributed by atoms with van der Waals surface area (Å²) in [5.74, 6) is 0.709. The standard InChI is InChI=1S/C10H14.C4H8/c1-3-9(2)10-7-5-4-6-8-10;1-4(2)3/h4-9H,3H2,1-2H3;1H2,2-3H3. The zero-order chi connectivity index (χ0) is 11.0. The first kappa shape index (κ1) is 13.0. The minimum atomic E-state index is 0.709. The van der Waals surface area contributed by atoms with Gasteiger partial charge in [-0.25, -0.2) is 0 Å². The highest BCUT2D eigenvalue weighted by Crippen LogP contribution is 2.16. The van der Waals surface area contributed by atoms with Gasteiger partial charge in [0.15, 0.2) is 0 Å². The van der Waals surface area contributed by atoms with E-state index in [-0.39, 0.29) is 0 Å². The maximum absolute atomic E-state index is 3.56. The number of hydrogen-bond acceptors (Lipinski definition) is 0. The summed E-state index contributed by atoms with van der Waals surface area (Å²) in [6.07, 6.45) is 1.23. The summed E-state index contributed by atoms with van der Waals surface area (Å²) in [7, 11) is 0. The van der Waals surface area contributed by atoms with Crippen LogP contribution in [0.4, 0.5) is 0 Å². The average molecular weight is 190 g/mol. The lowest BCUT2D eigenvalue weighted by atomic mass is 9.99. The smallest absolute Gasteiger partial charge is 0.0193 e. The highest BCUT2D eigenvalue weighted by Gasteiger charge is 1.98. The van der Waals surface area contributed by atoms with Crippen LogP contribution in [0, 0.1) is 0 Å². The quantitative estimate of drug-likeness (QED) is 0.589. The molecule has 0 heteroatoms. The normalized spacial score (nSPS) is 11.1. The van der Waals surface area contributed by atoms with Gasteiger partial charge in [0.25, 0.3) is 0 Å². The molecule has 0 aliphatic heterocycles. The molecule has 0 nitrogen and oxygen atoms in total. The van der Waals surface area contributed by atoms with E-state index in [0.29, 0.717) is 5.92 Å². The van der Waals surface area contributed by atoms with Crippen LogP contribution in [0.25, 0.3) is 0 Å². The van der Waals surface area contributed by atoms with E-state index >= 15 is 0 Å². The molecule has 1 atom stereocenters. The molecule has 0 N–H and O–H groups in total. The topological polar surface area (TPSA) is 0 Å². The van der Waals surface area contributed by atoms with Crippen molar-refractivity contribution in [2.75, 3.05) is 0 Å². The summed E-state index contributed by atoms with van der Waals surface area (Å²) in [6, 6.07) is 10.6. The lowest BCUT2D eigenvalue weighted by molar-refractivity contribution is 0.733. The van der Waals surface area contributed by atoms with Crippen LogP contribution in [0.3, 0.4) is 0 Å². The Labute approximate surface area is 88.7 Å². The van der Waals surface area contributed by atoms with E-state index in [1.165, 1.54) is 17.6 Å². The summed E-state index contributed by atoms with van der Waals surface area (Å²) in [5, 5.41) is 0. The highest BCUT2D eigenvalue weighted by molar-refractivity contribution is 5.18. The molecule has 1 unspecified atom stereocenters. The molecule has 1 aromatic rings. The van der Waals surface area contributed by atoms with Crippen molar-refractivity contribution in [3.63, 3.8) is 0 Å². The van der Waals surface area contributed by atoms with Crippen LogP contribution in [0.5, 0.6) is 0 Å². The van der Waals surface area contributed by atoms with Gasteiger partial charge in [-0.2, -0.15) is 0 Å². The first-order chi connectivity index (χ1) is 6.57. The van der Waals surface area contributed by atoms with Gasteiger partial charge in [0.1, 0.15) is 0 Å². The molecule has 0 aliphatic rings. The van der Waals surface area contributed by atoms with E-state index in [0.717, 1.165) is 0 Å². The zero-order valence-corrected chi connectivity index (χ0v) is 9.88. The van der Waals surface area contributed by atoms with Gasteiger partial charge in [-0.1, -0.05) is 49.8 Å². The third-order valence-electron chi connectivity index (χ3n) is 1.98. The molecule has 0 fully saturated rings. The number of hydrogen-bond donors (Lipinski definition) is 0. The third kappa shape index (κ3) is 6.47. The lowest BCUT2D eigenvalue weighted by Gasteiger charge is -2.06. The van der Waals surface area contributed by atoms with Crippen molar-refractivity contribution in [1.82, 2.24) is 0 Å². The predicted octanol–water partition coefficient (Wildman–Crippen LogP) is 4.78. The molecule has 0 bridgehead atoms. The summed E-state index contributed by atoms with van der Waals surface area (Å²) >= 11 is 0. The summed E-state index contributed by atoms with van der Waals surface area (Å²) in [6.45, 7) is 12.0. The fraction of sp³-hybridized carbons (Fsp3) is 0.429. The fourth-order valence-corrected chi connectivity index (χ4v) is 1.02. The van der Waals surface area contributed by atoms with Crippen LogP contribution in [0.15, 0.2) is 42.5 Å². The van der Waals surface area contributed by atoms with Gasteiger partial charge in [-0.3, -0.25) is 0 Å². The molecular formula is C14H22. The van der Waals surface area contributed by atoms with Crippen molar-refractivity contribution in [3.05, 3.63) is 48.0 Å². The first-order valence-corrected chi connectivity index (χ1v) is 5.25. The Bertz CT molecular complexity index is 242. The van der Waals surface area contributed by atoms with E-state index in [2.05, 4.69) is 50.8 Å². The Hall–Kier alpha value is -1.04. The van der Waals surface area contributed by atoms with Crippen molar-refractivity contribution in [1.29, 1.82) is 0 Å². The molecule has 0 aromatic heterocycles. The van der Waals surface area contributed by atoms with Crippen LogP contribution in [0.1, 0.15) is 45.6 Å². The Morgan fingerprint density at radius 1 is 1.21 bits per heavy atom. The summed E-state index contributed by atoms with van der Waals surface area (Å²) in [5.41, 5.74) is 2.62. The molecule has 14 heavy (non-hydrogen) atoms. The van der Waals surface area contributed by atoms with Crippen molar-refractivity contribution in [3.8, 4) is 0 Å². The Kier molecular flexibility index (Phi) is 6.82. The summed E-state index contributed by atoms with van der Waals surface area (Å²) < 4.78 is 0. The average Bonchev–Trinajstić information content (AvgIpc) is 2.17.